The molecule has 1 rings (SSSR count). The molecule has 0 aromatic heterocycles. The van der Waals surface area contributed by atoms with Crippen molar-refractivity contribution in [1.29, 1.82) is 0 Å². The first-order valence-electron chi connectivity index (χ1n) is 6.05. The first-order valence-corrected chi connectivity index (χ1v) is 6.05. The van der Waals surface area contributed by atoms with Gasteiger partial charge in [-0.15, -0.1) is 0 Å². The highest BCUT2D eigenvalue weighted by molar-refractivity contribution is 4.87. The summed E-state index contributed by atoms with van der Waals surface area (Å²) in [6, 6.07) is 0.770. The summed E-state index contributed by atoms with van der Waals surface area (Å²) in [5.41, 5.74) is 5.41. The summed E-state index contributed by atoms with van der Waals surface area (Å²) in [6.45, 7) is 7.59. The Morgan fingerprint density at radius 1 is 1.47 bits per heavy atom. The van der Waals surface area contributed by atoms with Crippen molar-refractivity contribution in [2.24, 2.45) is 5.73 Å². The lowest BCUT2D eigenvalue weighted by Gasteiger charge is -2.27. The van der Waals surface area contributed by atoms with Crippen LogP contribution in [0.5, 0.6) is 0 Å². The molecule has 0 aromatic rings. The van der Waals surface area contributed by atoms with Crippen LogP contribution < -0.4 is 5.73 Å². The molecule has 1 atom stereocenters. The summed E-state index contributed by atoms with van der Waals surface area (Å²) in [7, 11) is 2.19. The molecule has 1 aliphatic rings. The van der Waals surface area contributed by atoms with Gasteiger partial charge in [0.15, 0.2) is 0 Å². The quantitative estimate of drug-likeness (QED) is 0.663. The smallest absolute Gasteiger partial charge is 0.0223 e. The maximum atomic E-state index is 5.41. The largest absolute Gasteiger partial charge is 0.327 e. The van der Waals surface area contributed by atoms with Gasteiger partial charge in [-0.05, 0) is 33.0 Å². The Balaban J connectivity index is 2.24. The van der Waals surface area contributed by atoms with Gasteiger partial charge < -0.3 is 10.6 Å². The molecule has 0 spiro atoms. The zero-order chi connectivity index (χ0) is 11.1. The van der Waals surface area contributed by atoms with Crippen molar-refractivity contribution in [2.75, 3.05) is 39.8 Å². The molecule has 1 fully saturated rings. The average molecular weight is 211 g/mol. The van der Waals surface area contributed by atoms with E-state index in [4.69, 9.17) is 5.73 Å². The number of likely N-dealkylation sites (tertiary alicyclic amines) is 1. The third kappa shape index (κ3) is 4.33. The summed E-state index contributed by atoms with van der Waals surface area (Å²) in [6.07, 6.45) is 6.91. The van der Waals surface area contributed by atoms with Crippen LogP contribution in [0.2, 0.25) is 0 Å². The molecule has 15 heavy (non-hydrogen) atoms. The van der Waals surface area contributed by atoms with Gasteiger partial charge in [0, 0.05) is 25.7 Å². The first kappa shape index (κ1) is 12.7. The SMILES string of the molecule is CCN1CCCC1CN(C)CC=CCN. The van der Waals surface area contributed by atoms with Gasteiger partial charge in [0.25, 0.3) is 0 Å². The number of hydrogen-bond donors (Lipinski definition) is 1. The van der Waals surface area contributed by atoms with E-state index in [1.54, 1.807) is 0 Å². The molecule has 1 saturated heterocycles. The third-order valence-electron chi connectivity index (χ3n) is 3.15. The van der Waals surface area contributed by atoms with Gasteiger partial charge in [-0.25, -0.2) is 0 Å². The Bertz CT molecular complexity index is 191. The average Bonchev–Trinajstić information content (AvgIpc) is 2.65. The molecule has 0 radical (unpaired) electrons. The number of rotatable bonds is 6. The predicted molar refractivity (Wildman–Crippen MR) is 66.0 cm³/mol. The zero-order valence-electron chi connectivity index (χ0n) is 10.2. The van der Waals surface area contributed by atoms with E-state index >= 15 is 0 Å². The van der Waals surface area contributed by atoms with E-state index in [9.17, 15) is 0 Å². The van der Waals surface area contributed by atoms with Crippen LogP contribution in [0.3, 0.4) is 0 Å². The maximum Gasteiger partial charge on any atom is 0.0223 e. The van der Waals surface area contributed by atoms with E-state index in [1.165, 1.54) is 32.5 Å². The van der Waals surface area contributed by atoms with E-state index in [2.05, 4.69) is 29.8 Å². The summed E-state index contributed by atoms with van der Waals surface area (Å²) in [5, 5.41) is 0. The summed E-state index contributed by atoms with van der Waals surface area (Å²) >= 11 is 0. The summed E-state index contributed by atoms with van der Waals surface area (Å²) in [4.78, 5) is 4.97. The molecule has 1 unspecified atom stereocenters. The minimum Gasteiger partial charge on any atom is -0.327 e. The van der Waals surface area contributed by atoms with Gasteiger partial charge in [0.05, 0.1) is 0 Å². The number of nitrogens with zero attached hydrogens (tertiary/aromatic N) is 2. The zero-order valence-corrected chi connectivity index (χ0v) is 10.2. The second-order valence-corrected chi connectivity index (χ2v) is 4.35. The van der Waals surface area contributed by atoms with Gasteiger partial charge in [-0.1, -0.05) is 19.1 Å². The highest BCUT2D eigenvalue weighted by Crippen LogP contribution is 2.16. The molecular formula is C12H25N3. The minimum atomic E-state index is 0.651. The molecular weight excluding hydrogens is 186 g/mol. The highest BCUT2D eigenvalue weighted by atomic mass is 15.2. The van der Waals surface area contributed by atoms with Gasteiger partial charge in [0.2, 0.25) is 0 Å². The molecule has 0 saturated carbocycles. The van der Waals surface area contributed by atoms with Gasteiger partial charge >= 0.3 is 0 Å². The van der Waals surface area contributed by atoms with E-state index in [-0.39, 0.29) is 0 Å². The Morgan fingerprint density at radius 2 is 2.27 bits per heavy atom. The molecule has 1 heterocycles. The molecule has 2 N–H and O–H groups in total. The highest BCUT2D eigenvalue weighted by Gasteiger charge is 2.23. The van der Waals surface area contributed by atoms with Crippen LogP contribution in [0.4, 0.5) is 0 Å². The lowest BCUT2D eigenvalue weighted by atomic mass is 10.2. The van der Waals surface area contributed by atoms with Crippen LogP contribution in [-0.4, -0.2) is 55.6 Å². The van der Waals surface area contributed by atoms with Crippen molar-refractivity contribution in [3.05, 3.63) is 12.2 Å². The molecule has 0 aromatic carbocycles. The monoisotopic (exact) mass is 211 g/mol. The third-order valence-corrected chi connectivity index (χ3v) is 3.15. The van der Waals surface area contributed by atoms with Crippen LogP contribution in [0.25, 0.3) is 0 Å². The molecule has 88 valence electrons. The molecule has 1 aliphatic heterocycles. The molecule has 0 bridgehead atoms. The van der Waals surface area contributed by atoms with Crippen LogP contribution >= 0.6 is 0 Å². The van der Waals surface area contributed by atoms with E-state index < -0.39 is 0 Å². The normalized spacial score (nSPS) is 23.3. The fourth-order valence-corrected chi connectivity index (χ4v) is 2.30. The number of hydrogen-bond acceptors (Lipinski definition) is 3. The van der Waals surface area contributed by atoms with Crippen molar-refractivity contribution < 1.29 is 0 Å². The van der Waals surface area contributed by atoms with Gasteiger partial charge in [-0.2, -0.15) is 0 Å². The van der Waals surface area contributed by atoms with Gasteiger partial charge in [0.1, 0.15) is 0 Å². The number of likely N-dealkylation sites (N-methyl/N-ethyl adjacent to an activating group) is 2. The summed E-state index contributed by atoms with van der Waals surface area (Å²) < 4.78 is 0. The van der Waals surface area contributed by atoms with Crippen molar-refractivity contribution in [1.82, 2.24) is 9.80 Å². The van der Waals surface area contributed by atoms with Crippen molar-refractivity contribution in [3.63, 3.8) is 0 Å². The topological polar surface area (TPSA) is 32.5 Å². The minimum absolute atomic E-state index is 0.651. The van der Waals surface area contributed by atoms with E-state index in [1.807, 2.05) is 6.08 Å². The lowest BCUT2D eigenvalue weighted by molar-refractivity contribution is 0.207. The lowest BCUT2D eigenvalue weighted by Crippen LogP contribution is -2.38. The van der Waals surface area contributed by atoms with E-state index in [0.29, 0.717) is 6.54 Å². The van der Waals surface area contributed by atoms with E-state index in [0.717, 1.165) is 12.6 Å². The van der Waals surface area contributed by atoms with Crippen molar-refractivity contribution in [3.8, 4) is 0 Å². The van der Waals surface area contributed by atoms with Crippen molar-refractivity contribution in [2.45, 2.75) is 25.8 Å². The first-order chi connectivity index (χ1) is 7.27. The van der Waals surface area contributed by atoms with Crippen LogP contribution in [0.1, 0.15) is 19.8 Å². The summed E-state index contributed by atoms with van der Waals surface area (Å²) in [5.74, 6) is 0. The van der Waals surface area contributed by atoms with Crippen LogP contribution in [-0.2, 0) is 0 Å². The van der Waals surface area contributed by atoms with Crippen LogP contribution in [0, 0.1) is 0 Å². The second kappa shape index (κ2) is 6.99. The Kier molecular flexibility index (Phi) is 5.91. The molecule has 3 nitrogen and oxygen atoms in total. The van der Waals surface area contributed by atoms with Gasteiger partial charge in [-0.3, -0.25) is 4.90 Å². The fourth-order valence-electron chi connectivity index (χ4n) is 2.30. The Hall–Kier alpha value is -0.380. The fraction of sp³-hybridized carbons (Fsp3) is 0.833. The molecule has 0 amide bonds. The van der Waals surface area contributed by atoms with Crippen LogP contribution in [0.15, 0.2) is 12.2 Å². The number of nitrogens with two attached hydrogens (primary N) is 1. The predicted octanol–water partition coefficient (Wildman–Crippen LogP) is 0.917. The standard InChI is InChI=1S/C12H25N3/c1-3-15-10-6-7-12(15)11-14(2)9-5-4-8-13/h4-5,12H,3,6-11,13H2,1-2H3. The second-order valence-electron chi connectivity index (χ2n) is 4.35. The Morgan fingerprint density at radius 3 is 2.93 bits per heavy atom. The maximum absolute atomic E-state index is 5.41. The van der Waals surface area contributed by atoms with Crippen molar-refractivity contribution >= 4 is 0 Å². The Labute approximate surface area is 93.9 Å². The molecule has 0 aliphatic carbocycles. The molecule has 3 heteroatoms.